The van der Waals surface area contributed by atoms with Crippen LogP contribution < -0.4 is 5.43 Å². The third-order valence-corrected chi connectivity index (χ3v) is 4.87. The van der Waals surface area contributed by atoms with E-state index in [1.54, 1.807) is 30.3 Å². The van der Waals surface area contributed by atoms with Crippen molar-refractivity contribution < 1.29 is 9.72 Å². The molecule has 1 heterocycles. The van der Waals surface area contributed by atoms with Crippen molar-refractivity contribution in [1.29, 1.82) is 0 Å². The van der Waals surface area contributed by atoms with Crippen LogP contribution in [0.3, 0.4) is 0 Å². The van der Waals surface area contributed by atoms with Gasteiger partial charge in [-0.3, -0.25) is 14.9 Å². The quantitative estimate of drug-likeness (QED) is 0.254. The van der Waals surface area contributed by atoms with E-state index in [0.29, 0.717) is 17.0 Å². The summed E-state index contributed by atoms with van der Waals surface area (Å²) in [7, 11) is 0. The number of nitrogens with zero attached hydrogens (tertiary/aromatic N) is 3. The van der Waals surface area contributed by atoms with E-state index in [4.69, 9.17) is 0 Å². The first-order valence-corrected chi connectivity index (χ1v) is 9.62. The molecule has 4 rings (SSSR count). The third kappa shape index (κ3) is 4.26. The van der Waals surface area contributed by atoms with Gasteiger partial charge in [0.05, 0.1) is 22.2 Å². The Balaban J connectivity index is 1.47. The SMILES string of the molecule is O=C(N/N=C\c1ccc([N+](=O)[O-])cc1)c1ccc2nc(-c3ccc(Br)cc3)[nH]c2c1. The first-order valence-electron chi connectivity index (χ1n) is 8.83. The summed E-state index contributed by atoms with van der Waals surface area (Å²) in [5.41, 5.74) is 5.92. The van der Waals surface area contributed by atoms with Gasteiger partial charge in [0.25, 0.3) is 11.6 Å². The lowest BCUT2D eigenvalue weighted by atomic mass is 10.2. The maximum absolute atomic E-state index is 12.4. The number of nitrogens with one attached hydrogen (secondary N) is 2. The highest BCUT2D eigenvalue weighted by atomic mass is 79.9. The summed E-state index contributed by atoms with van der Waals surface area (Å²) in [4.78, 5) is 30.4. The van der Waals surface area contributed by atoms with Crippen molar-refractivity contribution >= 4 is 44.8 Å². The second-order valence-corrected chi connectivity index (χ2v) is 7.29. The number of nitro groups is 1. The molecule has 30 heavy (non-hydrogen) atoms. The van der Waals surface area contributed by atoms with Crippen molar-refractivity contribution in [3.05, 3.63) is 92.4 Å². The number of non-ortho nitro benzene ring substituents is 1. The van der Waals surface area contributed by atoms with Crippen molar-refractivity contribution in [3.8, 4) is 11.4 Å². The zero-order valence-corrected chi connectivity index (χ0v) is 17.0. The minimum atomic E-state index is -0.476. The van der Waals surface area contributed by atoms with Crippen molar-refractivity contribution in [2.45, 2.75) is 0 Å². The highest BCUT2D eigenvalue weighted by Gasteiger charge is 2.10. The topological polar surface area (TPSA) is 113 Å². The minimum Gasteiger partial charge on any atom is -0.338 e. The fourth-order valence-corrected chi connectivity index (χ4v) is 3.07. The van der Waals surface area contributed by atoms with Gasteiger partial charge in [-0.05, 0) is 48.0 Å². The number of hydrogen-bond acceptors (Lipinski definition) is 5. The molecular formula is C21H14BrN5O3. The third-order valence-electron chi connectivity index (χ3n) is 4.35. The molecule has 0 saturated carbocycles. The number of hydrazone groups is 1. The Hall–Kier alpha value is -3.85. The molecular weight excluding hydrogens is 450 g/mol. The number of halogens is 1. The van der Waals surface area contributed by atoms with Gasteiger partial charge >= 0.3 is 0 Å². The number of hydrogen-bond donors (Lipinski definition) is 2. The molecule has 0 spiro atoms. The van der Waals surface area contributed by atoms with E-state index < -0.39 is 4.92 Å². The molecule has 0 atom stereocenters. The van der Waals surface area contributed by atoms with Gasteiger partial charge in [-0.1, -0.05) is 28.1 Å². The summed E-state index contributed by atoms with van der Waals surface area (Å²) in [5, 5.41) is 14.6. The van der Waals surface area contributed by atoms with Gasteiger partial charge in [0.15, 0.2) is 0 Å². The van der Waals surface area contributed by atoms with Gasteiger partial charge in [-0.2, -0.15) is 5.10 Å². The zero-order valence-electron chi connectivity index (χ0n) is 15.4. The Morgan fingerprint density at radius 1 is 1.10 bits per heavy atom. The van der Waals surface area contributed by atoms with E-state index in [0.717, 1.165) is 21.1 Å². The molecule has 2 N–H and O–H groups in total. The number of amides is 1. The molecule has 1 amide bonds. The maximum Gasteiger partial charge on any atom is 0.271 e. The number of carbonyl (C=O) groups excluding carboxylic acids is 1. The fraction of sp³-hybridized carbons (Fsp3) is 0. The van der Waals surface area contributed by atoms with Crippen molar-refractivity contribution in [1.82, 2.24) is 15.4 Å². The number of rotatable bonds is 5. The number of nitro benzene ring substituents is 1. The molecule has 4 aromatic rings. The standard InChI is InChI=1S/C21H14BrN5O3/c22-16-6-3-14(4-7-16)20-24-18-10-5-15(11-19(18)25-20)21(28)26-23-12-13-1-8-17(9-2-13)27(29)30/h1-12H,(H,24,25)(H,26,28)/b23-12-. The summed E-state index contributed by atoms with van der Waals surface area (Å²) in [6.45, 7) is 0. The van der Waals surface area contributed by atoms with Crippen LogP contribution in [0.25, 0.3) is 22.4 Å². The Bertz CT molecular complexity index is 1260. The molecule has 0 aliphatic rings. The van der Waals surface area contributed by atoms with Crippen molar-refractivity contribution in [3.63, 3.8) is 0 Å². The molecule has 0 aliphatic heterocycles. The monoisotopic (exact) mass is 463 g/mol. The highest BCUT2D eigenvalue weighted by molar-refractivity contribution is 9.10. The molecule has 0 fully saturated rings. The Morgan fingerprint density at radius 3 is 2.53 bits per heavy atom. The smallest absolute Gasteiger partial charge is 0.271 e. The summed E-state index contributed by atoms with van der Waals surface area (Å²) in [6.07, 6.45) is 1.42. The Labute approximate surface area is 178 Å². The number of H-pyrrole nitrogens is 1. The normalized spacial score (nSPS) is 11.1. The number of aromatic nitrogens is 2. The van der Waals surface area contributed by atoms with E-state index in [1.807, 2.05) is 24.3 Å². The molecule has 8 nitrogen and oxygen atoms in total. The highest BCUT2D eigenvalue weighted by Crippen LogP contribution is 2.23. The van der Waals surface area contributed by atoms with E-state index in [-0.39, 0.29) is 11.6 Å². The second kappa shape index (κ2) is 8.26. The zero-order chi connectivity index (χ0) is 21.1. The van der Waals surface area contributed by atoms with Crippen LogP contribution >= 0.6 is 15.9 Å². The lowest BCUT2D eigenvalue weighted by molar-refractivity contribution is -0.384. The Kier molecular flexibility index (Phi) is 5.36. The number of aromatic amines is 1. The van der Waals surface area contributed by atoms with E-state index >= 15 is 0 Å². The van der Waals surface area contributed by atoms with Gasteiger partial charge in [-0.25, -0.2) is 10.4 Å². The lowest BCUT2D eigenvalue weighted by Crippen LogP contribution is -2.17. The summed E-state index contributed by atoms with van der Waals surface area (Å²) < 4.78 is 0.982. The molecule has 3 aromatic carbocycles. The largest absolute Gasteiger partial charge is 0.338 e. The van der Waals surface area contributed by atoms with Gasteiger partial charge < -0.3 is 4.98 Å². The Morgan fingerprint density at radius 2 is 1.83 bits per heavy atom. The predicted molar refractivity (Wildman–Crippen MR) is 117 cm³/mol. The summed E-state index contributed by atoms with van der Waals surface area (Å²) in [6, 6.07) is 18.8. The van der Waals surface area contributed by atoms with Crippen LogP contribution in [0.2, 0.25) is 0 Å². The maximum atomic E-state index is 12.4. The van der Waals surface area contributed by atoms with Crippen LogP contribution in [0.15, 0.2) is 76.3 Å². The second-order valence-electron chi connectivity index (χ2n) is 6.37. The fourth-order valence-electron chi connectivity index (χ4n) is 2.81. The lowest BCUT2D eigenvalue weighted by Gasteiger charge is -2.00. The number of fused-ring (bicyclic) bond motifs is 1. The number of imidazole rings is 1. The predicted octanol–water partition coefficient (Wildman–Crippen LogP) is 4.66. The van der Waals surface area contributed by atoms with Crippen LogP contribution in [-0.2, 0) is 0 Å². The summed E-state index contributed by atoms with van der Waals surface area (Å²) >= 11 is 3.41. The van der Waals surface area contributed by atoms with Crippen LogP contribution in [-0.4, -0.2) is 27.0 Å². The van der Waals surface area contributed by atoms with Gasteiger partial charge in [-0.15, -0.1) is 0 Å². The van der Waals surface area contributed by atoms with Gasteiger partial charge in [0, 0.05) is 27.7 Å². The molecule has 1 aromatic heterocycles. The van der Waals surface area contributed by atoms with Gasteiger partial charge in [0.1, 0.15) is 5.82 Å². The molecule has 0 radical (unpaired) electrons. The molecule has 0 saturated heterocycles. The minimum absolute atomic E-state index is 0.00782. The van der Waals surface area contributed by atoms with Gasteiger partial charge in [0.2, 0.25) is 0 Å². The van der Waals surface area contributed by atoms with E-state index in [2.05, 4.69) is 36.4 Å². The van der Waals surface area contributed by atoms with E-state index in [1.165, 1.54) is 18.3 Å². The molecule has 0 aliphatic carbocycles. The van der Waals surface area contributed by atoms with Crippen LogP contribution in [0.4, 0.5) is 5.69 Å². The molecule has 9 heteroatoms. The van der Waals surface area contributed by atoms with Crippen molar-refractivity contribution in [2.75, 3.05) is 0 Å². The average Bonchev–Trinajstić information content (AvgIpc) is 3.18. The van der Waals surface area contributed by atoms with Crippen LogP contribution in [0.1, 0.15) is 15.9 Å². The van der Waals surface area contributed by atoms with Crippen LogP contribution in [0.5, 0.6) is 0 Å². The average molecular weight is 464 g/mol. The van der Waals surface area contributed by atoms with E-state index in [9.17, 15) is 14.9 Å². The molecule has 0 unspecified atom stereocenters. The molecule has 0 bridgehead atoms. The first kappa shape index (κ1) is 19.5. The molecule has 148 valence electrons. The number of carbonyl (C=O) groups is 1. The number of benzene rings is 3. The first-order chi connectivity index (χ1) is 14.5. The van der Waals surface area contributed by atoms with Crippen molar-refractivity contribution in [2.24, 2.45) is 5.10 Å². The summed E-state index contributed by atoms with van der Waals surface area (Å²) in [5.74, 6) is 0.334. The van der Waals surface area contributed by atoms with Crippen LogP contribution in [0, 0.1) is 10.1 Å².